The number of piperazine rings is 2. The molecule has 0 spiro atoms. The zero-order valence-electron chi connectivity index (χ0n) is 57.7. The largest absolute Gasteiger partial charge is 0.498 e. The summed E-state index contributed by atoms with van der Waals surface area (Å²) in [4.78, 5) is 87.3. The van der Waals surface area contributed by atoms with Crippen molar-refractivity contribution >= 4 is 95.6 Å². The Kier molecular flexibility index (Phi) is 24.5. The monoisotopic (exact) mass is 1500 g/mol. The van der Waals surface area contributed by atoms with Crippen LogP contribution in [0.1, 0.15) is 114 Å². The SMILES string of the molecule is CC1(C)CCC(c2ccc(Cl)cc2)=C(CN2CCN(c3ccc(C(=O)NS(=O)(=O)C4=CC(S(=O)(=O)C(F)(F)F)C(C)(N[C@H](CCN5CCN(C(=O)CCCn6cc(COCCOCCNc7cccc8c7C(=O)N(C7CCC(=O)NC7=O)C8=O)nn6)CC5)CSc5ccccc5)C=C4)cc3)CC2)C1. The fraction of sp³-hybridized carbons (Fsp3) is 0.472. The lowest BCUT2D eigenvalue weighted by Crippen LogP contribution is -2.60. The minimum absolute atomic E-state index is 0.0201. The molecule has 5 aromatic rings. The molecule has 4 N–H and O–H groups in total. The lowest BCUT2D eigenvalue weighted by Gasteiger charge is -2.40. The summed E-state index contributed by atoms with van der Waals surface area (Å²) >= 11 is 7.64. The first-order chi connectivity index (χ1) is 49.1. The molecule has 6 amide bonds. The van der Waals surface area contributed by atoms with E-state index in [0.717, 1.165) is 66.5 Å². The summed E-state index contributed by atoms with van der Waals surface area (Å²) < 4.78 is 115. The van der Waals surface area contributed by atoms with Gasteiger partial charge in [0.1, 0.15) is 17.0 Å². The topological polar surface area (TPSA) is 284 Å². The zero-order valence-corrected chi connectivity index (χ0v) is 60.9. The molecule has 0 radical (unpaired) electrons. The highest BCUT2D eigenvalue weighted by Gasteiger charge is 2.57. The Bertz CT molecular complexity index is 4260. The molecule has 103 heavy (non-hydrogen) atoms. The van der Waals surface area contributed by atoms with Crippen LogP contribution in [0.15, 0.2) is 137 Å². The molecular weight excluding hydrogens is 1410 g/mol. The van der Waals surface area contributed by atoms with Crippen LogP contribution in [0.25, 0.3) is 5.57 Å². The van der Waals surface area contributed by atoms with Gasteiger partial charge in [0, 0.05) is 123 Å². The van der Waals surface area contributed by atoms with Gasteiger partial charge in [-0.05, 0) is 141 Å². The number of fused-ring (bicyclic) bond motifs is 1. The fourth-order valence-corrected chi connectivity index (χ4v) is 17.6. The van der Waals surface area contributed by atoms with Gasteiger partial charge in [-0.15, -0.1) is 16.9 Å². The molecule has 6 aliphatic rings. The Balaban J connectivity index is 0.618. The summed E-state index contributed by atoms with van der Waals surface area (Å²) in [6, 6.07) is 26.8. The molecule has 4 atom stereocenters. The fourth-order valence-electron chi connectivity index (χ4n) is 13.9. The second-order valence-corrected chi connectivity index (χ2v) is 32.9. The van der Waals surface area contributed by atoms with Gasteiger partial charge in [-0.1, -0.05) is 78.7 Å². The summed E-state index contributed by atoms with van der Waals surface area (Å²) in [5, 5.41) is 15.1. The molecule has 2 aliphatic carbocycles. The number of benzene rings is 4. The molecule has 3 saturated heterocycles. The molecule has 1 aromatic heterocycles. The predicted molar refractivity (Wildman–Crippen MR) is 385 cm³/mol. The van der Waals surface area contributed by atoms with Crippen molar-refractivity contribution < 1.29 is 68.2 Å². The molecule has 3 unspecified atom stereocenters. The smallest absolute Gasteiger partial charge is 0.382 e. The number of aromatic nitrogens is 3. The van der Waals surface area contributed by atoms with Crippen molar-refractivity contribution in [2.45, 2.75) is 119 Å². The van der Waals surface area contributed by atoms with E-state index < -0.39 is 82.7 Å². The number of imide groups is 2. The highest BCUT2D eigenvalue weighted by Crippen LogP contribution is 2.44. The van der Waals surface area contributed by atoms with E-state index in [2.05, 4.69) is 66.9 Å². The Morgan fingerprint density at radius 3 is 2.25 bits per heavy atom. The first kappa shape index (κ1) is 76.3. The number of piperidine rings is 1. The maximum atomic E-state index is 14.8. The molecule has 31 heteroatoms. The van der Waals surface area contributed by atoms with Gasteiger partial charge in [-0.25, -0.2) is 21.6 Å². The number of hydrogen-bond acceptors (Lipinski definition) is 20. The summed E-state index contributed by atoms with van der Waals surface area (Å²) in [5.41, 5.74) is -1.48. The molecule has 11 rings (SSSR count). The molecular formula is C72H86ClF3N12O12S3. The maximum Gasteiger partial charge on any atom is 0.498 e. The third-order valence-electron chi connectivity index (χ3n) is 19.6. The summed E-state index contributed by atoms with van der Waals surface area (Å²) in [7, 11) is -11.0. The van der Waals surface area contributed by atoms with E-state index >= 15 is 0 Å². The Hall–Kier alpha value is -7.81. The number of aryl methyl sites for hydroxylation is 1. The lowest BCUT2D eigenvalue weighted by molar-refractivity contribution is -0.136. The van der Waals surface area contributed by atoms with E-state index in [-0.39, 0.29) is 79.5 Å². The number of nitrogens with zero attached hydrogens (tertiary/aromatic N) is 8. The van der Waals surface area contributed by atoms with Gasteiger partial charge >= 0.3 is 5.51 Å². The predicted octanol–water partition coefficient (Wildman–Crippen LogP) is 8.10. The third kappa shape index (κ3) is 19.0. The molecule has 0 saturated carbocycles. The minimum atomic E-state index is -6.11. The normalized spacial score (nSPS) is 21.0. The number of halogens is 4. The van der Waals surface area contributed by atoms with Crippen LogP contribution in [-0.4, -0.2) is 213 Å². The van der Waals surface area contributed by atoms with Gasteiger partial charge < -0.3 is 29.9 Å². The van der Waals surface area contributed by atoms with Crippen LogP contribution < -0.4 is 25.6 Å². The number of thioether (sulfide) groups is 1. The highest BCUT2D eigenvalue weighted by molar-refractivity contribution is 7.99. The summed E-state index contributed by atoms with van der Waals surface area (Å²) in [5.74, 6) is -3.15. The van der Waals surface area contributed by atoms with Crippen LogP contribution in [0, 0.1) is 5.41 Å². The van der Waals surface area contributed by atoms with Crippen molar-refractivity contribution in [2.24, 2.45) is 5.41 Å². The number of alkyl halides is 3. The van der Waals surface area contributed by atoms with Gasteiger partial charge in [-0.3, -0.25) is 53.5 Å². The highest BCUT2D eigenvalue weighted by atomic mass is 35.5. The third-order valence-corrected chi connectivity index (χ3v) is 24.3. The number of carbonyl (C=O) groups is 6. The molecule has 5 heterocycles. The Labute approximate surface area is 607 Å². The first-order valence-electron chi connectivity index (χ1n) is 34.5. The van der Waals surface area contributed by atoms with Gasteiger partial charge in [0.25, 0.3) is 37.6 Å². The summed E-state index contributed by atoms with van der Waals surface area (Å²) in [6.45, 7) is 13.6. The van der Waals surface area contributed by atoms with Gasteiger partial charge in [-0.2, -0.15) is 13.2 Å². The van der Waals surface area contributed by atoms with E-state index in [9.17, 15) is 58.8 Å². The summed E-state index contributed by atoms with van der Waals surface area (Å²) in [6.07, 6.45) is 8.67. The van der Waals surface area contributed by atoms with Crippen molar-refractivity contribution in [2.75, 3.05) is 108 Å². The molecule has 3 fully saturated rings. The Morgan fingerprint density at radius 1 is 0.816 bits per heavy atom. The molecule has 0 bridgehead atoms. The molecule has 552 valence electrons. The van der Waals surface area contributed by atoms with E-state index in [1.165, 1.54) is 53.6 Å². The van der Waals surface area contributed by atoms with Crippen LogP contribution in [0.3, 0.4) is 0 Å². The van der Waals surface area contributed by atoms with E-state index in [1.54, 1.807) is 40.0 Å². The number of nitrogens with one attached hydrogen (secondary N) is 4. The average molecular weight is 1500 g/mol. The van der Waals surface area contributed by atoms with E-state index in [4.69, 9.17) is 21.1 Å². The van der Waals surface area contributed by atoms with Crippen molar-refractivity contribution in [3.63, 3.8) is 0 Å². The van der Waals surface area contributed by atoms with Crippen molar-refractivity contribution in [3.05, 3.63) is 165 Å². The number of allylic oxidation sites excluding steroid dienone is 2. The van der Waals surface area contributed by atoms with Crippen LogP contribution in [0.2, 0.25) is 5.02 Å². The number of ether oxygens (including phenoxy) is 2. The van der Waals surface area contributed by atoms with Gasteiger partial charge in [0.15, 0.2) is 0 Å². The van der Waals surface area contributed by atoms with Gasteiger partial charge in [0.05, 0.1) is 54.2 Å². The number of sulfonamides is 1. The van der Waals surface area contributed by atoms with Crippen molar-refractivity contribution in [1.82, 2.24) is 49.9 Å². The van der Waals surface area contributed by atoms with Gasteiger partial charge in [0.2, 0.25) is 17.7 Å². The minimum Gasteiger partial charge on any atom is -0.382 e. The standard InChI is InChI=1S/C72H86ClF3N12O12S3/c1-70(2)27-25-58(49-14-18-52(73)19-15-49)51(44-70)45-84-34-36-85(37-35-84)55-20-16-50(17-21-55)66(91)81-103(97,98)57-24-28-71(3,62(43-57)102(95,96)72(74,75)76)79-53(48-101-56-9-5-4-6-10-56)26-31-83-32-38-86(39-33-83)64(90)13-8-30-87-46-54(80-82-87)47-100-42-41-99-40-29-77-60-12-7-11-59-65(60)69(94)88(68(59)93)61-22-23-63(89)78-67(61)92/h4-7,9-12,14-21,24,28,43,46,53,61-62,77,79H,8,13,22-23,25-27,29-42,44-45,47-48H2,1-3H3,(H,81,91)(H,78,89,92)/t53-,61?,62?,71?/m1/s1. The molecule has 4 aliphatic heterocycles. The first-order valence-corrected chi connectivity index (χ1v) is 38.9. The molecule has 24 nitrogen and oxygen atoms in total. The number of carbonyl (C=O) groups excluding carboxylic acids is 6. The van der Waals surface area contributed by atoms with Crippen LogP contribution in [0.5, 0.6) is 0 Å². The second kappa shape index (κ2) is 33.1. The number of rotatable bonds is 30. The van der Waals surface area contributed by atoms with Crippen LogP contribution in [-0.2, 0) is 56.9 Å². The number of hydrogen-bond donors (Lipinski definition) is 4. The number of amides is 6. The van der Waals surface area contributed by atoms with Crippen molar-refractivity contribution in [1.29, 1.82) is 0 Å². The maximum absolute atomic E-state index is 14.8. The van der Waals surface area contributed by atoms with Crippen LogP contribution in [0.4, 0.5) is 24.5 Å². The van der Waals surface area contributed by atoms with E-state index in [0.29, 0.717) is 94.2 Å². The second-order valence-electron chi connectivity index (χ2n) is 27.6. The van der Waals surface area contributed by atoms with Crippen LogP contribution >= 0.6 is 23.4 Å². The van der Waals surface area contributed by atoms with E-state index in [1.807, 2.05) is 47.2 Å². The zero-order chi connectivity index (χ0) is 73.3. The number of sulfone groups is 1. The molecule has 4 aromatic carbocycles. The van der Waals surface area contributed by atoms with Crippen molar-refractivity contribution in [3.8, 4) is 0 Å². The number of anilines is 2. The quantitative estimate of drug-likeness (QED) is 0.0192. The lowest BCUT2D eigenvalue weighted by atomic mass is 9.73. The Morgan fingerprint density at radius 2 is 1.53 bits per heavy atom. The average Bonchev–Trinajstić information content (AvgIpc) is 0.884.